The number of rotatable bonds is 7. The average molecular weight is 292 g/mol. The topological polar surface area (TPSA) is 73.6 Å². The number of hydrogen-bond donors (Lipinski definition) is 2. The number of carbonyl (C=O) groups is 1. The zero-order valence-electron chi connectivity index (χ0n) is 13.0. The molecule has 1 aliphatic rings. The normalized spacial score (nSPS) is 15.6. The quantitative estimate of drug-likeness (QED) is 0.597. The van der Waals surface area contributed by atoms with Gasteiger partial charge in [-0.25, -0.2) is 4.79 Å². The summed E-state index contributed by atoms with van der Waals surface area (Å²) in [6.45, 7) is 3.57. The molecule has 5 heteroatoms. The molecule has 0 amide bonds. The standard InChI is InChI=1S/C16H24N2O3/c1-11-8-12(9-13(14(11)17)15(19)21-3)18-10-16(4-5-16)6-7-20-2/h8-9,18H,4-7,10,17H2,1-3H3. The lowest BCUT2D eigenvalue weighted by Crippen LogP contribution is -2.18. The van der Waals surface area contributed by atoms with Gasteiger partial charge in [0.1, 0.15) is 0 Å². The van der Waals surface area contributed by atoms with Crippen molar-refractivity contribution in [2.45, 2.75) is 26.2 Å². The van der Waals surface area contributed by atoms with Crippen molar-refractivity contribution in [3.05, 3.63) is 23.3 Å². The van der Waals surface area contributed by atoms with Crippen LogP contribution in [0.5, 0.6) is 0 Å². The molecule has 1 aromatic carbocycles. The number of carbonyl (C=O) groups excluding carboxylic acids is 1. The number of hydrogen-bond acceptors (Lipinski definition) is 5. The minimum absolute atomic E-state index is 0.344. The molecule has 116 valence electrons. The molecule has 0 radical (unpaired) electrons. The molecule has 0 spiro atoms. The Kier molecular flexibility index (Phi) is 4.73. The maximum absolute atomic E-state index is 11.7. The van der Waals surface area contributed by atoms with E-state index in [1.165, 1.54) is 20.0 Å². The molecule has 5 nitrogen and oxygen atoms in total. The zero-order valence-corrected chi connectivity index (χ0v) is 13.0. The van der Waals surface area contributed by atoms with Gasteiger partial charge in [0.2, 0.25) is 0 Å². The maximum Gasteiger partial charge on any atom is 0.340 e. The Morgan fingerprint density at radius 3 is 2.67 bits per heavy atom. The van der Waals surface area contributed by atoms with E-state index in [1.54, 1.807) is 13.2 Å². The van der Waals surface area contributed by atoms with Gasteiger partial charge in [0.05, 0.1) is 12.7 Å². The summed E-state index contributed by atoms with van der Waals surface area (Å²) >= 11 is 0. The molecule has 1 fully saturated rings. The van der Waals surface area contributed by atoms with Gasteiger partial charge in [0.25, 0.3) is 0 Å². The van der Waals surface area contributed by atoms with E-state index < -0.39 is 5.97 Å². The van der Waals surface area contributed by atoms with Crippen LogP contribution in [-0.2, 0) is 9.47 Å². The predicted molar refractivity (Wildman–Crippen MR) is 83.6 cm³/mol. The van der Waals surface area contributed by atoms with Crippen LogP contribution in [0.15, 0.2) is 12.1 Å². The van der Waals surface area contributed by atoms with Gasteiger partial charge in [-0.1, -0.05) is 0 Å². The molecule has 0 aromatic heterocycles. The van der Waals surface area contributed by atoms with Crippen LogP contribution in [0.2, 0.25) is 0 Å². The lowest BCUT2D eigenvalue weighted by atomic mass is 10.0. The summed E-state index contributed by atoms with van der Waals surface area (Å²) < 4.78 is 9.94. The Bertz CT molecular complexity index is 524. The molecular formula is C16H24N2O3. The van der Waals surface area contributed by atoms with Crippen molar-refractivity contribution < 1.29 is 14.3 Å². The molecule has 3 N–H and O–H groups in total. The highest BCUT2D eigenvalue weighted by Gasteiger charge is 2.41. The molecule has 1 aliphatic carbocycles. The van der Waals surface area contributed by atoms with E-state index >= 15 is 0 Å². The summed E-state index contributed by atoms with van der Waals surface area (Å²) in [7, 11) is 3.09. The first kappa shape index (κ1) is 15.6. The largest absolute Gasteiger partial charge is 0.465 e. The Labute approximate surface area is 125 Å². The molecule has 2 rings (SSSR count). The van der Waals surface area contributed by atoms with Crippen molar-refractivity contribution in [2.75, 3.05) is 38.4 Å². The lowest BCUT2D eigenvalue weighted by Gasteiger charge is -2.18. The number of esters is 1. The summed E-state index contributed by atoms with van der Waals surface area (Å²) in [4.78, 5) is 11.7. The molecule has 21 heavy (non-hydrogen) atoms. The van der Waals surface area contributed by atoms with Crippen LogP contribution in [-0.4, -0.2) is 33.3 Å². The van der Waals surface area contributed by atoms with E-state index in [0.29, 0.717) is 16.7 Å². The Balaban J connectivity index is 2.07. The predicted octanol–water partition coefficient (Wildman–Crippen LogP) is 2.59. The monoisotopic (exact) mass is 292 g/mol. The first-order valence-electron chi connectivity index (χ1n) is 7.22. The number of nitrogens with two attached hydrogens (primary N) is 1. The number of benzene rings is 1. The van der Waals surface area contributed by atoms with Gasteiger partial charge >= 0.3 is 5.97 Å². The number of methoxy groups -OCH3 is 2. The molecule has 0 unspecified atom stereocenters. The smallest absolute Gasteiger partial charge is 0.340 e. The molecule has 1 aromatic rings. The summed E-state index contributed by atoms with van der Waals surface area (Å²) in [6, 6.07) is 3.73. The molecule has 0 bridgehead atoms. The van der Waals surface area contributed by atoms with Crippen LogP contribution < -0.4 is 11.1 Å². The van der Waals surface area contributed by atoms with E-state index in [1.807, 2.05) is 13.0 Å². The summed E-state index contributed by atoms with van der Waals surface area (Å²) in [5.74, 6) is -0.403. The number of anilines is 2. The number of nitrogen functional groups attached to an aromatic ring is 1. The second-order valence-electron chi connectivity index (χ2n) is 5.84. The van der Waals surface area contributed by atoms with E-state index in [-0.39, 0.29) is 0 Å². The van der Waals surface area contributed by atoms with Gasteiger partial charge in [0, 0.05) is 31.6 Å². The van der Waals surface area contributed by atoms with Crippen molar-refractivity contribution in [2.24, 2.45) is 5.41 Å². The highest BCUT2D eigenvalue weighted by atomic mass is 16.5. The van der Waals surface area contributed by atoms with E-state index in [0.717, 1.165) is 30.8 Å². The minimum atomic E-state index is -0.403. The van der Waals surface area contributed by atoms with Crippen molar-refractivity contribution in [3.63, 3.8) is 0 Å². The fraction of sp³-hybridized carbons (Fsp3) is 0.562. The van der Waals surface area contributed by atoms with Crippen LogP contribution in [0.4, 0.5) is 11.4 Å². The zero-order chi connectivity index (χ0) is 15.5. The number of ether oxygens (including phenoxy) is 2. The van der Waals surface area contributed by atoms with E-state index in [2.05, 4.69) is 5.32 Å². The summed E-state index contributed by atoms with van der Waals surface area (Å²) in [5.41, 5.74) is 8.97. The van der Waals surface area contributed by atoms with Crippen LogP contribution in [0, 0.1) is 12.3 Å². The first-order chi connectivity index (χ1) is 10.0. The number of aryl methyl sites for hydroxylation is 1. The minimum Gasteiger partial charge on any atom is -0.465 e. The third kappa shape index (κ3) is 3.67. The highest BCUT2D eigenvalue weighted by Crippen LogP contribution is 2.48. The number of nitrogens with one attached hydrogen (secondary N) is 1. The molecular weight excluding hydrogens is 268 g/mol. The molecule has 0 aliphatic heterocycles. The van der Waals surface area contributed by atoms with Crippen LogP contribution in [0.1, 0.15) is 35.2 Å². The second kappa shape index (κ2) is 6.35. The molecule has 1 saturated carbocycles. The van der Waals surface area contributed by atoms with Crippen LogP contribution in [0.3, 0.4) is 0 Å². The van der Waals surface area contributed by atoms with Crippen molar-refractivity contribution in [1.82, 2.24) is 0 Å². The first-order valence-corrected chi connectivity index (χ1v) is 7.22. The average Bonchev–Trinajstić information content (AvgIpc) is 3.26. The maximum atomic E-state index is 11.7. The van der Waals surface area contributed by atoms with Crippen LogP contribution in [0.25, 0.3) is 0 Å². The van der Waals surface area contributed by atoms with Crippen LogP contribution >= 0.6 is 0 Å². The van der Waals surface area contributed by atoms with Gasteiger partial charge in [-0.15, -0.1) is 0 Å². The van der Waals surface area contributed by atoms with E-state index in [4.69, 9.17) is 15.2 Å². The van der Waals surface area contributed by atoms with Gasteiger partial charge in [-0.3, -0.25) is 0 Å². The SMILES string of the molecule is COCCC1(CNc2cc(C)c(N)c(C(=O)OC)c2)CC1. The summed E-state index contributed by atoms with van der Waals surface area (Å²) in [6.07, 6.45) is 3.51. The molecule has 0 heterocycles. The van der Waals surface area contributed by atoms with Crippen molar-refractivity contribution in [1.29, 1.82) is 0 Å². The third-order valence-electron chi connectivity index (χ3n) is 4.25. The van der Waals surface area contributed by atoms with Crippen molar-refractivity contribution >= 4 is 17.3 Å². The Morgan fingerprint density at radius 1 is 1.38 bits per heavy atom. The fourth-order valence-corrected chi connectivity index (χ4v) is 2.48. The second-order valence-corrected chi connectivity index (χ2v) is 5.84. The van der Waals surface area contributed by atoms with Gasteiger partial charge in [-0.2, -0.15) is 0 Å². The van der Waals surface area contributed by atoms with Gasteiger partial charge < -0.3 is 20.5 Å². The van der Waals surface area contributed by atoms with Gasteiger partial charge in [0.15, 0.2) is 0 Å². The Hall–Kier alpha value is -1.75. The lowest BCUT2D eigenvalue weighted by molar-refractivity contribution is 0.0602. The fourth-order valence-electron chi connectivity index (χ4n) is 2.48. The summed E-state index contributed by atoms with van der Waals surface area (Å²) in [5, 5.41) is 3.42. The van der Waals surface area contributed by atoms with E-state index in [9.17, 15) is 4.79 Å². The molecule has 0 saturated heterocycles. The third-order valence-corrected chi connectivity index (χ3v) is 4.25. The van der Waals surface area contributed by atoms with Crippen molar-refractivity contribution in [3.8, 4) is 0 Å². The Morgan fingerprint density at radius 2 is 2.10 bits per heavy atom. The highest BCUT2D eigenvalue weighted by molar-refractivity contribution is 5.97. The van der Waals surface area contributed by atoms with Gasteiger partial charge in [-0.05, 0) is 49.3 Å². The molecule has 0 atom stereocenters.